The molecule has 0 atom stereocenters. The zero-order chi connectivity index (χ0) is 26.4. The average Bonchev–Trinajstić information content (AvgIpc) is 3.38. The van der Waals surface area contributed by atoms with Gasteiger partial charge in [-0.05, 0) is 67.8 Å². The van der Waals surface area contributed by atoms with Crippen molar-refractivity contribution >= 4 is 21.6 Å². The van der Waals surface area contributed by atoms with Crippen molar-refractivity contribution in [2.45, 2.75) is 25.7 Å². The van der Waals surface area contributed by atoms with E-state index < -0.39 is 10.2 Å². The summed E-state index contributed by atoms with van der Waals surface area (Å²) in [6.07, 6.45) is 4.08. The molecule has 1 saturated heterocycles. The first-order valence-corrected chi connectivity index (χ1v) is 14.4. The fraction of sp³-hybridized carbons (Fsp3) is 0.276. The maximum Gasteiger partial charge on any atom is 0.299 e. The highest BCUT2D eigenvalue weighted by Crippen LogP contribution is 2.28. The second kappa shape index (κ2) is 11.7. The van der Waals surface area contributed by atoms with Crippen molar-refractivity contribution in [2.24, 2.45) is 0 Å². The van der Waals surface area contributed by atoms with E-state index in [1.807, 2.05) is 78.9 Å². The summed E-state index contributed by atoms with van der Waals surface area (Å²) in [6, 6.07) is 25.1. The molecular formula is C29H33N5O3S. The first-order valence-electron chi connectivity index (χ1n) is 12.9. The fourth-order valence-corrected chi connectivity index (χ4v) is 5.60. The maximum absolute atomic E-state index is 12.8. The van der Waals surface area contributed by atoms with E-state index in [2.05, 4.69) is 19.3 Å². The molecule has 0 radical (unpaired) electrons. The van der Waals surface area contributed by atoms with Gasteiger partial charge in [0.1, 0.15) is 11.6 Å². The third-order valence-electron chi connectivity index (χ3n) is 6.70. The van der Waals surface area contributed by atoms with Gasteiger partial charge in [0, 0.05) is 48.6 Å². The van der Waals surface area contributed by atoms with Gasteiger partial charge in [-0.25, -0.2) is 4.98 Å². The average molecular weight is 532 g/mol. The molecule has 1 aliphatic heterocycles. The van der Waals surface area contributed by atoms with Crippen molar-refractivity contribution < 1.29 is 13.2 Å². The van der Waals surface area contributed by atoms with E-state index in [9.17, 15) is 8.42 Å². The monoisotopic (exact) mass is 531 g/mol. The standard InChI is InChI=1S/C29H33N5O3S/c1-37-26-16-10-22(11-17-26)28-27(31-29(32-28)23-8-4-2-5-9-23)18-19-30-38(35,36)33-24-12-14-25(15-13-24)34-20-6-3-7-21-34/h2,4-5,8-17,30,33H,3,6-7,18-21H2,1H3,(H,31,32). The number of methoxy groups -OCH3 is 1. The summed E-state index contributed by atoms with van der Waals surface area (Å²) in [6.45, 7) is 2.29. The van der Waals surface area contributed by atoms with Crippen LogP contribution in [0.1, 0.15) is 25.0 Å². The summed E-state index contributed by atoms with van der Waals surface area (Å²) >= 11 is 0. The highest BCUT2D eigenvalue weighted by Gasteiger charge is 2.16. The summed E-state index contributed by atoms with van der Waals surface area (Å²) in [4.78, 5) is 10.6. The number of nitrogens with zero attached hydrogens (tertiary/aromatic N) is 2. The molecule has 1 aliphatic rings. The first-order chi connectivity index (χ1) is 18.5. The van der Waals surface area contributed by atoms with Gasteiger partial charge in [0.25, 0.3) is 10.2 Å². The molecule has 0 aliphatic carbocycles. The van der Waals surface area contributed by atoms with Gasteiger partial charge >= 0.3 is 0 Å². The number of benzene rings is 3. The predicted octanol–water partition coefficient (Wildman–Crippen LogP) is 5.23. The van der Waals surface area contributed by atoms with Crippen LogP contribution in [0.4, 0.5) is 11.4 Å². The number of ether oxygens (including phenoxy) is 1. The molecular weight excluding hydrogens is 498 g/mol. The lowest BCUT2D eigenvalue weighted by molar-refractivity contribution is 0.415. The topological polar surface area (TPSA) is 99.3 Å². The minimum atomic E-state index is -3.74. The second-order valence-electron chi connectivity index (χ2n) is 9.35. The van der Waals surface area contributed by atoms with Crippen LogP contribution in [0.2, 0.25) is 0 Å². The molecule has 9 heteroatoms. The zero-order valence-electron chi connectivity index (χ0n) is 21.5. The number of aromatic nitrogens is 2. The van der Waals surface area contributed by atoms with Gasteiger partial charge in [-0.1, -0.05) is 30.3 Å². The third kappa shape index (κ3) is 6.35. The number of aromatic amines is 1. The lowest BCUT2D eigenvalue weighted by Crippen LogP contribution is -2.32. The Bertz CT molecular complexity index is 1430. The summed E-state index contributed by atoms with van der Waals surface area (Å²) in [5, 5.41) is 0. The zero-order valence-corrected chi connectivity index (χ0v) is 22.3. The van der Waals surface area contributed by atoms with E-state index in [1.165, 1.54) is 19.3 Å². The van der Waals surface area contributed by atoms with E-state index >= 15 is 0 Å². The van der Waals surface area contributed by atoms with E-state index in [0.29, 0.717) is 12.1 Å². The van der Waals surface area contributed by atoms with Gasteiger partial charge in [0.2, 0.25) is 0 Å². The Morgan fingerprint density at radius 1 is 0.895 bits per heavy atom. The molecule has 4 aromatic rings. The molecule has 1 fully saturated rings. The minimum absolute atomic E-state index is 0.198. The Labute approximate surface area is 224 Å². The number of nitrogens with one attached hydrogen (secondary N) is 3. The van der Waals surface area contributed by atoms with Crippen molar-refractivity contribution in [2.75, 3.05) is 36.4 Å². The quantitative estimate of drug-likeness (QED) is 0.260. The lowest BCUT2D eigenvalue weighted by Gasteiger charge is -2.28. The van der Waals surface area contributed by atoms with Crippen LogP contribution in [-0.2, 0) is 16.6 Å². The summed E-state index contributed by atoms with van der Waals surface area (Å²) in [5.41, 5.74) is 5.20. The second-order valence-corrected chi connectivity index (χ2v) is 10.8. The van der Waals surface area contributed by atoms with Crippen LogP contribution in [0.25, 0.3) is 22.6 Å². The van der Waals surface area contributed by atoms with Gasteiger partial charge in [-0.2, -0.15) is 13.1 Å². The number of piperidine rings is 1. The number of hydrogen-bond acceptors (Lipinski definition) is 5. The number of imidazole rings is 1. The lowest BCUT2D eigenvalue weighted by atomic mass is 10.1. The van der Waals surface area contributed by atoms with Gasteiger partial charge < -0.3 is 14.6 Å². The Balaban J connectivity index is 1.26. The van der Waals surface area contributed by atoms with Crippen molar-refractivity contribution in [3.63, 3.8) is 0 Å². The van der Waals surface area contributed by atoms with Crippen molar-refractivity contribution in [3.8, 4) is 28.4 Å². The van der Waals surface area contributed by atoms with Gasteiger partial charge in [0.05, 0.1) is 18.5 Å². The highest BCUT2D eigenvalue weighted by molar-refractivity contribution is 7.90. The molecule has 0 spiro atoms. The molecule has 1 aromatic heterocycles. The van der Waals surface area contributed by atoms with Crippen LogP contribution in [-0.4, -0.2) is 45.1 Å². The van der Waals surface area contributed by atoms with Crippen LogP contribution in [0.15, 0.2) is 78.9 Å². The molecule has 0 saturated carbocycles. The molecule has 0 bridgehead atoms. The summed E-state index contributed by atoms with van der Waals surface area (Å²) < 4.78 is 36.1. The van der Waals surface area contributed by atoms with E-state index in [4.69, 9.17) is 9.72 Å². The van der Waals surface area contributed by atoms with Crippen molar-refractivity contribution in [1.29, 1.82) is 0 Å². The SMILES string of the molecule is COc1ccc(-c2[nH]c(-c3ccccc3)nc2CCNS(=O)(=O)Nc2ccc(N3CCCCC3)cc2)cc1. The minimum Gasteiger partial charge on any atom is -0.497 e. The Morgan fingerprint density at radius 2 is 1.61 bits per heavy atom. The molecule has 0 amide bonds. The third-order valence-corrected chi connectivity index (χ3v) is 7.79. The van der Waals surface area contributed by atoms with Crippen LogP contribution < -0.4 is 19.1 Å². The molecule has 2 heterocycles. The number of hydrogen-bond donors (Lipinski definition) is 3. The van der Waals surface area contributed by atoms with Crippen LogP contribution >= 0.6 is 0 Å². The largest absolute Gasteiger partial charge is 0.497 e. The number of H-pyrrole nitrogens is 1. The summed E-state index contributed by atoms with van der Waals surface area (Å²) in [7, 11) is -2.11. The number of anilines is 2. The summed E-state index contributed by atoms with van der Waals surface area (Å²) in [5.74, 6) is 1.50. The fourth-order valence-electron chi connectivity index (χ4n) is 4.71. The van der Waals surface area contributed by atoms with Gasteiger partial charge in [-0.15, -0.1) is 0 Å². The molecule has 198 valence electrons. The highest BCUT2D eigenvalue weighted by atomic mass is 32.2. The van der Waals surface area contributed by atoms with Crippen LogP contribution in [0, 0.1) is 0 Å². The van der Waals surface area contributed by atoms with Crippen molar-refractivity contribution in [1.82, 2.24) is 14.7 Å². The maximum atomic E-state index is 12.8. The molecule has 0 unspecified atom stereocenters. The van der Waals surface area contributed by atoms with E-state index in [-0.39, 0.29) is 6.54 Å². The Kier molecular flexibility index (Phi) is 7.95. The van der Waals surface area contributed by atoms with Crippen molar-refractivity contribution in [3.05, 3.63) is 84.6 Å². The van der Waals surface area contributed by atoms with Gasteiger partial charge in [0.15, 0.2) is 0 Å². The first kappa shape index (κ1) is 25.8. The normalized spacial score (nSPS) is 13.9. The van der Waals surface area contributed by atoms with Gasteiger partial charge in [-0.3, -0.25) is 4.72 Å². The number of rotatable bonds is 10. The molecule has 3 N–H and O–H groups in total. The van der Waals surface area contributed by atoms with Crippen LogP contribution in [0.3, 0.4) is 0 Å². The molecule has 3 aromatic carbocycles. The van der Waals surface area contributed by atoms with E-state index in [0.717, 1.165) is 52.9 Å². The predicted molar refractivity (Wildman–Crippen MR) is 153 cm³/mol. The molecule has 5 rings (SSSR count). The molecule has 8 nitrogen and oxygen atoms in total. The molecule has 38 heavy (non-hydrogen) atoms. The smallest absolute Gasteiger partial charge is 0.299 e. The Hall–Kier alpha value is -3.82. The van der Waals surface area contributed by atoms with E-state index in [1.54, 1.807) is 7.11 Å². The Morgan fingerprint density at radius 3 is 2.29 bits per heavy atom. The van der Waals surface area contributed by atoms with Crippen LogP contribution in [0.5, 0.6) is 5.75 Å².